The zero-order valence-corrected chi connectivity index (χ0v) is 8.26. The molecule has 76 valence electrons. The molecule has 2 heterocycles. The maximum atomic E-state index is 10.8. The van der Waals surface area contributed by atoms with Gasteiger partial charge in [-0.05, 0) is 18.6 Å². The van der Waals surface area contributed by atoms with Crippen LogP contribution in [0, 0.1) is 17.2 Å². The normalized spacial score (nSPS) is 19.9. The molecule has 1 unspecified atom stereocenters. The van der Waals surface area contributed by atoms with Crippen LogP contribution in [-0.2, 0) is 0 Å². The third kappa shape index (κ3) is 1.82. The van der Waals surface area contributed by atoms with Crippen molar-refractivity contribution in [2.24, 2.45) is 5.92 Å². The summed E-state index contributed by atoms with van der Waals surface area (Å²) in [7, 11) is 0. The maximum absolute atomic E-state index is 10.8. The predicted molar refractivity (Wildman–Crippen MR) is 55.6 cm³/mol. The Kier molecular flexibility index (Phi) is 2.64. The molecule has 0 bridgehead atoms. The molecule has 1 fully saturated rings. The highest BCUT2D eigenvalue weighted by molar-refractivity contribution is 5.82. The second kappa shape index (κ2) is 4.09. The van der Waals surface area contributed by atoms with Crippen LogP contribution in [0.15, 0.2) is 18.3 Å². The number of anilines is 1. The van der Waals surface area contributed by atoms with Crippen LogP contribution in [-0.4, -0.2) is 24.4 Å². The average molecular weight is 201 g/mol. The van der Waals surface area contributed by atoms with Gasteiger partial charge in [-0.1, -0.05) is 0 Å². The minimum absolute atomic E-state index is 0.0616. The van der Waals surface area contributed by atoms with E-state index in [0.29, 0.717) is 17.9 Å². The summed E-state index contributed by atoms with van der Waals surface area (Å²) in [4.78, 5) is 17.0. The van der Waals surface area contributed by atoms with E-state index in [-0.39, 0.29) is 5.92 Å². The number of aldehydes is 1. The van der Waals surface area contributed by atoms with Crippen molar-refractivity contribution in [3.63, 3.8) is 0 Å². The van der Waals surface area contributed by atoms with E-state index in [4.69, 9.17) is 5.26 Å². The van der Waals surface area contributed by atoms with Gasteiger partial charge >= 0.3 is 0 Å². The number of carbonyl (C=O) groups is 1. The molecule has 0 radical (unpaired) electrons. The van der Waals surface area contributed by atoms with E-state index in [1.807, 2.05) is 4.90 Å². The Balaban J connectivity index is 2.24. The number of pyridine rings is 1. The molecular weight excluding hydrogens is 190 g/mol. The van der Waals surface area contributed by atoms with Gasteiger partial charge in [-0.2, -0.15) is 5.26 Å². The Morgan fingerprint density at radius 3 is 3.20 bits per heavy atom. The van der Waals surface area contributed by atoms with E-state index >= 15 is 0 Å². The van der Waals surface area contributed by atoms with Crippen LogP contribution in [0.3, 0.4) is 0 Å². The topological polar surface area (TPSA) is 57.0 Å². The molecular formula is C11H11N3O. The SMILES string of the molecule is N#CC1CCN(c2ncccc2C=O)C1. The highest BCUT2D eigenvalue weighted by Crippen LogP contribution is 2.23. The lowest BCUT2D eigenvalue weighted by Crippen LogP contribution is -2.21. The number of aromatic nitrogens is 1. The molecule has 4 heteroatoms. The second-order valence-electron chi connectivity index (χ2n) is 3.59. The van der Waals surface area contributed by atoms with Gasteiger partial charge < -0.3 is 4.90 Å². The molecule has 1 aliphatic heterocycles. The lowest BCUT2D eigenvalue weighted by Gasteiger charge is -2.17. The molecule has 1 aromatic rings. The summed E-state index contributed by atoms with van der Waals surface area (Å²) in [5.74, 6) is 0.761. The Labute approximate surface area is 88.1 Å². The summed E-state index contributed by atoms with van der Waals surface area (Å²) in [5.41, 5.74) is 0.594. The van der Waals surface area contributed by atoms with Crippen LogP contribution in [0.4, 0.5) is 5.82 Å². The van der Waals surface area contributed by atoms with Crippen molar-refractivity contribution in [1.29, 1.82) is 5.26 Å². The van der Waals surface area contributed by atoms with Crippen LogP contribution >= 0.6 is 0 Å². The Morgan fingerprint density at radius 1 is 1.67 bits per heavy atom. The molecule has 2 rings (SSSR count). The number of hydrogen-bond acceptors (Lipinski definition) is 4. The van der Waals surface area contributed by atoms with Gasteiger partial charge in [-0.15, -0.1) is 0 Å². The number of hydrogen-bond donors (Lipinski definition) is 0. The summed E-state index contributed by atoms with van der Waals surface area (Å²) < 4.78 is 0. The van der Waals surface area contributed by atoms with Crippen molar-refractivity contribution in [2.45, 2.75) is 6.42 Å². The average Bonchev–Trinajstić information content (AvgIpc) is 2.77. The maximum Gasteiger partial charge on any atom is 0.153 e. The van der Waals surface area contributed by atoms with Crippen LogP contribution < -0.4 is 4.90 Å². The Morgan fingerprint density at radius 2 is 2.53 bits per heavy atom. The fourth-order valence-electron chi connectivity index (χ4n) is 1.82. The van der Waals surface area contributed by atoms with E-state index in [2.05, 4.69) is 11.1 Å². The lowest BCUT2D eigenvalue weighted by atomic mass is 10.1. The molecule has 15 heavy (non-hydrogen) atoms. The third-order valence-corrected chi connectivity index (χ3v) is 2.61. The van der Waals surface area contributed by atoms with Crippen LogP contribution in [0.2, 0.25) is 0 Å². The molecule has 0 N–H and O–H groups in total. The number of nitriles is 1. The van der Waals surface area contributed by atoms with E-state index < -0.39 is 0 Å². The van der Waals surface area contributed by atoms with Gasteiger partial charge in [0, 0.05) is 19.3 Å². The van der Waals surface area contributed by atoms with E-state index in [9.17, 15) is 4.79 Å². The van der Waals surface area contributed by atoms with E-state index in [1.54, 1.807) is 18.3 Å². The summed E-state index contributed by atoms with van der Waals surface area (Å²) in [6, 6.07) is 5.73. The summed E-state index contributed by atoms with van der Waals surface area (Å²) in [6.07, 6.45) is 3.33. The van der Waals surface area contributed by atoms with Crippen LogP contribution in [0.1, 0.15) is 16.8 Å². The quantitative estimate of drug-likeness (QED) is 0.675. The molecule has 1 aromatic heterocycles. The Hall–Kier alpha value is -1.89. The van der Waals surface area contributed by atoms with Crippen molar-refractivity contribution in [1.82, 2.24) is 4.98 Å². The van der Waals surface area contributed by atoms with Crippen molar-refractivity contribution < 1.29 is 4.79 Å². The fourth-order valence-corrected chi connectivity index (χ4v) is 1.82. The molecule has 0 amide bonds. The monoisotopic (exact) mass is 201 g/mol. The molecule has 0 aromatic carbocycles. The third-order valence-electron chi connectivity index (χ3n) is 2.61. The summed E-state index contributed by atoms with van der Waals surface area (Å²) >= 11 is 0. The number of rotatable bonds is 2. The first kappa shape index (κ1) is 9.66. The van der Waals surface area contributed by atoms with E-state index in [0.717, 1.165) is 19.3 Å². The largest absolute Gasteiger partial charge is 0.355 e. The minimum atomic E-state index is 0.0616. The standard InChI is InChI=1S/C11H11N3O/c12-6-9-3-5-14(7-9)11-10(8-15)2-1-4-13-11/h1-2,4,8-9H,3,5,7H2. The molecule has 1 aliphatic rings. The smallest absolute Gasteiger partial charge is 0.153 e. The Bertz CT molecular complexity index is 411. The van der Waals surface area contributed by atoms with Crippen LogP contribution in [0.5, 0.6) is 0 Å². The highest BCUT2D eigenvalue weighted by Gasteiger charge is 2.24. The van der Waals surface area contributed by atoms with Gasteiger partial charge in [-0.25, -0.2) is 4.98 Å². The van der Waals surface area contributed by atoms with Gasteiger partial charge in [0.15, 0.2) is 6.29 Å². The van der Waals surface area contributed by atoms with E-state index in [1.165, 1.54) is 0 Å². The van der Waals surface area contributed by atoms with Crippen molar-refractivity contribution in [3.8, 4) is 6.07 Å². The summed E-state index contributed by atoms with van der Waals surface area (Å²) in [6.45, 7) is 1.48. The van der Waals surface area contributed by atoms with Crippen LogP contribution in [0.25, 0.3) is 0 Å². The first-order chi connectivity index (χ1) is 7.35. The highest BCUT2D eigenvalue weighted by atomic mass is 16.1. The van der Waals surface area contributed by atoms with Gasteiger partial charge in [0.05, 0.1) is 17.6 Å². The zero-order chi connectivity index (χ0) is 10.7. The second-order valence-corrected chi connectivity index (χ2v) is 3.59. The first-order valence-corrected chi connectivity index (χ1v) is 4.90. The van der Waals surface area contributed by atoms with Gasteiger partial charge in [-0.3, -0.25) is 4.79 Å². The number of carbonyl (C=O) groups excluding carboxylic acids is 1. The molecule has 0 spiro atoms. The molecule has 1 atom stereocenters. The minimum Gasteiger partial charge on any atom is -0.355 e. The lowest BCUT2D eigenvalue weighted by molar-refractivity contribution is 0.112. The zero-order valence-electron chi connectivity index (χ0n) is 8.26. The predicted octanol–water partition coefficient (Wildman–Crippen LogP) is 1.24. The molecule has 4 nitrogen and oxygen atoms in total. The van der Waals surface area contributed by atoms with Crippen molar-refractivity contribution >= 4 is 12.1 Å². The van der Waals surface area contributed by atoms with Crippen molar-refractivity contribution in [2.75, 3.05) is 18.0 Å². The van der Waals surface area contributed by atoms with Gasteiger partial charge in [0.2, 0.25) is 0 Å². The van der Waals surface area contributed by atoms with Gasteiger partial charge in [0.1, 0.15) is 5.82 Å². The van der Waals surface area contributed by atoms with Gasteiger partial charge in [0.25, 0.3) is 0 Å². The van der Waals surface area contributed by atoms with Crippen molar-refractivity contribution in [3.05, 3.63) is 23.9 Å². The summed E-state index contributed by atoms with van der Waals surface area (Å²) in [5, 5.41) is 8.79. The molecule has 0 saturated carbocycles. The fraction of sp³-hybridized carbons (Fsp3) is 0.364. The first-order valence-electron chi connectivity index (χ1n) is 4.90. The number of nitrogens with zero attached hydrogens (tertiary/aromatic N) is 3. The molecule has 0 aliphatic carbocycles. The molecule has 1 saturated heterocycles.